The molecule has 0 radical (unpaired) electrons. The summed E-state index contributed by atoms with van der Waals surface area (Å²) >= 11 is 0. The van der Waals surface area contributed by atoms with E-state index in [0.29, 0.717) is 6.29 Å². The van der Waals surface area contributed by atoms with Crippen molar-refractivity contribution in [1.82, 2.24) is 10.3 Å². The Morgan fingerprint density at radius 3 is 2.58 bits per heavy atom. The fourth-order valence-corrected chi connectivity index (χ4v) is 1.62. The summed E-state index contributed by atoms with van der Waals surface area (Å²) in [5.41, 5.74) is -0.545. The zero-order valence-electron chi connectivity index (χ0n) is 14.3. The van der Waals surface area contributed by atoms with Gasteiger partial charge < -0.3 is 19.5 Å². The van der Waals surface area contributed by atoms with Crippen LogP contribution < -0.4 is 10.1 Å². The Hall–Kier alpha value is -2.64. The number of esters is 1. The van der Waals surface area contributed by atoms with Gasteiger partial charge in [-0.2, -0.15) is 0 Å². The summed E-state index contributed by atoms with van der Waals surface area (Å²) in [6, 6.07) is 2.77. The van der Waals surface area contributed by atoms with Crippen LogP contribution in [0.4, 0.5) is 4.79 Å². The molecule has 1 rings (SSSR count). The molecule has 0 fully saturated rings. The van der Waals surface area contributed by atoms with E-state index in [2.05, 4.69) is 10.3 Å². The fraction of sp³-hybridized carbons (Fsp3) is 0.500. The van der Waals surface area contributed by atoms with E-state index in [4.69, 9.17) is 14.2 Å². The first kappa shape index (κ1) is 19.4. The lowest BCUT2D eigenvalue weighted by Crippen LogP contribution is -2.34. The number of alkyl carbamates (subject to hydrolysis) is 1. The van der Waals surface area contributed by atoms with Gasteiger partial charge in [0.15, 0.2) is 12.0 Å². The van der Waals surface area contributed by atoms with Gasteiger partial charge in [0.05, 0.1) is 13.2 Å². The number of nitrogens with one attached hydrogen (secondary N) is 1. The first-order chi connectivity index (χ1) is 11.2. The van der Waals surface area contributed by atoms with Crippen LogP contribution in [0.5, 0.6) is 5.75 Å². The van der Waals surface area contributed by atoms with Crippen LogP contribution in [-0.2, 0) is 9.47 Å². The lowest BCUT2D eigenvalue weighted by molar-refractivity contribution is 0.0512. The normalized spacial score (nSPS) is 10.7. The summed E-state index contributed by atoms with van der Waals surface area (Å²) in [5.74, 6) is -0.362. The molecule has 0 aliphatic carbocycles. The third-order valence-corrected chi connectivity index (χ3v) is 2.46. The third-order valence-electron chi connectivity index (χ3n) is 2.46. The van der Waals surface area contributed by atoms with Gasteiger partial charge in [-0.1, -0.05) is 0 Å². The summed E-state index contributed by atoms with van der Waals surface area (Å²) in [6.45, 7) is 7.48. The molecule has 1 N–H and O–H groups in total. The maximum absolute atomic E-state index is 11.7. The number of ether oxygens (including phenoxy) is 3. The maximum Gasteiger partial charge on any atom is 0.407 e. The smallest absolute Gasteiger partial charge is 0.407 e. The molecule has 24 heavy (non-hydrogen) atoms. The van der Waals surface area contributed by atoms with Gasteiger partial charge in [-0.05, 0) is 27.7 Å². The van der Waals surface area contributed by atoms with Crippen molar-refractivity contribution in [2.75, 3.05) is 19.8 Å². The highest BCUT2D eigenvalue weighted by molar-refractivity contribution is 5.89. The summed E-state index contributed by atoms with van der Waals surface area (Å²) in [7, 11) is 0. The largest absolute Gasteiger partial charge is 0.492 e. The molecule has 1 heterocycles. The van der Waals surface area contributed by atoms with E-state index < -0.39 is 17.7 Å². The minimum Gasteiger partial charge on any atom is -0.492 e. The van der Waals surface area contributed by atoms with E-state index >= 15 is 0 Å². The van der Waals surface area contributed by atoms with Gasteiger partial charge in [0.25, 0.3) is 0 Å². The van der Waals surface area contributed by atoms with Crippen molar-refractivity contribution >= 4 is 18.3 Å². The minimum absolute atomic E-state index is 0.0171. The van der Waals surface area contributed by atoms with Crippen molar-refractivity contribution in [1.29, 1.82) is 0 Å². The highest BCUT2D eigenvalue weighted by Gasteiger charge is 2.16. The highest BCUT2D eigenvalue weighted by Crippen LogP contribution is 2.14. The zero-order valence-corrected chi connectivity index (χ0v) is 14.3. The molecular formula is C16H22N2O6. The quantitative estimate of drug-likeness (QED) is 0.460. The number of carbonyl (C=O) groups excluding carboxylic acids is 3. The number of rotatable bonds is 7. The lowest BCUT2D eigenvalue weighted by atomic mass is 10.2. The Morgan fingerprint density at radius 2 is 2.00 bits per heavy atom. The Morgan fingerprint density at radius 1 is 1.29 bits per heavy atom. The van der Waals surface area contributed by atoms with Crippen LogP contribution in [0, 0.1) is 0 Å². The molecule has 0 atom stereocenters. The monoisotopic (exact) mass is 338 g/mol. The minimum atomic E-state index is -0.641. The second kappa shape index (κ2) is 8.85. The average Bonchev–Trinajstić information content (AvgIpc) is 2.49. The van der Waals surface area contributed by atoms with Crippen molar-refractivity contribution in [2.45, 2.75) is 33.3 Å². The van der Waals surface area contributed by atoms with Crippen molar-refractivity contribution in [3.8, 4) is 5.75 Å². The maximum atomic E-state index is 11.7. The summed E-state index contributed by atoms with van der Waals surface area (Å²) in [4.78, 5) is 37.9. The number of hydrogen-bond donors (Lipinski definition) is 1. The number of amides is 1. The van der Waals surface area contributed by atoms with Gasteiger partial charge in [-0.15, -0.1) is 0 Å². The van der Waals surface area contributed by atoms with Gasteiger partial charge in [-0.3, -0.25) is 4.79 Å². The molecule has 1 amide bonds. The number of pyridine rings is 1. The molecule has 132 valence electrons. The SMILES string of the molecule is CCOC(=O)c1cc(OCCNC(=O)OC(C)(C)C)cc(C=O)n1. The molecule has 8 nitrogen and oxygen atoms in total. The first-order valence-corrected chi connectivity index (χ1v) is 7.49. The summed E-state index contributed by atoms with van der Waals surface area (Å²) in [5, 5.41) is 2.53. The van der Waals surface area contributed by atoms with E-state index in [1.807, 2.05) is 0 Å². The topological polar surface area (TPSA) is 104 Å². The molecule has 0 saturated carbocycles. The van der Waals surface area contributed by atoms with Crippen molar-refractivity contribution in [2.24, 2.45) is 0 Å². The molecule has 0 unspecified atom stereocenters. The van der Waals surface area contributed by atoms with Crippen LogP contribution in [-0.4, -0.2) is 48.7 Å². The lowest BCUT2D eigenvalue weighted by Gasteiger charge is -2.19. The predicted octanol–water partition coefficient (Wildman–Crippen LogP) is 1.97. The number of aldehydes is 1. The second-order valence-corrected chi connectivity index (χ2v) is 5.73. The van der Waals surface area contributed by atoms with Gasteiger partial charge in [0.2, 0.25) is 0 Å². The molecule has 0 aromatic carbocycles. The molecule has 8 heteroatoms. The molecule has 1 aromatic heterocycles. The van der Waals surface area contributed by atoms with Crippen LogP contribution in [0.1, 0.15) is 48.7 Å². The second-order valence-electron chi connectivity index (χ2n) is 5.73. The van der Waals surface area contributed by atoms with Crippen LogP contribution >= 0.6 is 0 Å². The molecule has 0 saturated heterocycles. The van der Waals surface area contributed by atoms with Crippen molar-refractivity contribution < 1.29 is 28.6 Å². The predicted molar refractivity (Wildman–Crippen MR) is 85.3 cm³/mol. The molecule has 0 aliphatic heterocycles. The molecule has 1 aromatic rings. The van der Waals surface area contributed by atoms with Gasteiger partial charge in [-0.25, -0.2) is 14.6 Å². The van der Waals surface area contributed by atoms with Gasteiger partial charge in [0.1, 0.15) is 23.7 Å². The number of aromatic nitrogens is 1. The molecule has 0 aliphatic rings. The Balaban J connectivity index is 2.58. The molecule has 0 spiro atoms. The highest BCUT2D eigenvalue weighted by atomic mass is 16.6. The fourth-order valence-electron chi connectivity index (χ4n) is 1.62. The Labute approximate surface area is 140 Å². The average molecular weight is 338 g/mol. The molecule has 0 bridgehead atoms. The summed E-state index contributed by atoms with van der Waals surface area (Å²) < 4.78 is 15.3. The van der Waals surface area contributed by atoms with E-state index in [9.17, 15) is 14.4 Å². The Kier molecular flexibility index (Phi) is 7.16. The van der Waals surface area contributed by atoms with Crippen LogP contribution in [0.15, 0.2) is 12.1 Å². The van der Waals surface area contributed by atoms with Crippen LogP contribution in [0.3, 0.4) is 0 Å². The first-order valence-electron chi connectivity index (χ1n) is 7.49. The van der Waals surface area contributed by atoms with Gasteiger partial charge >= 0.3 is 12.1 Å². The third kappa shape index (κ3) is 7.08. The zero-order chi connectivity index (χ0) is 18.2. The molecular weight excluding hydrogens is 316 g/mol. The number of nitrogens with zero attached hydrogens (tertiary/aromatic N) is 1. The standard InChI is InChI=1S/C16H22N2O6/c1-5-22-14(20)13-9-12(8-11(10-19)18-13)23-7-6-17-15(21)24-16(2,3)4/h8-10H,5-7H2,1-4H3,(H,17,21). The number of carbonyl (C=O) groups is 3. The van der Waals surface area contributed by atoms with E-state index in [0.717, 1.165) is 0 Å². The van der Waals surface area contributed by atoms with Gasteiger partial charge in [0, 0.05) is 12.1 Å². The summed E-state index contributed by atoms with van der Waals surface area (Å²) in [6.07, 6.45) is -0.0456. The van der Waals surface area contributed by atoms with Crippen LogP contribution in [0.25, 0.3) is 0 Å². The van der Waals surface area contributed by atoms with E-state index in [1.165, 1.54) is 12.1 Å². The Bertz CT molecular complexity index is 595. The van der Waals surface area contributed by atoms with E-state index in [1.54, 1.807) is 27.7 Å². The van der Waals surface area contributed by atoms with E-state index in [-0.39, 0.29) is 36.9 Å². The number of hydrogen-bond acceptors (Lipinski definition) is 7. The van der Waals surface area contributed by atoms with Crippen molar-refractivity contribution in [3.05, 3.63) is 23.5 Å². The van der Waals surface area contributed by atoms with Crippen molar-refractivity contribution in [3.63, 3.8) is 0 Å². The van der Waals surface area contributed by atoms with Crippen LogP contribution in [0.2, 0.25) is 0 Å².